The van der Waals surface area contributed by atoms with Crippen LogP contribution in [0.5, 0.6) is 0 Å². The first-order valence-corrected chi connectivity index (χ1v) is 8.17. The van der Waals surface area contributed by atoms with Gasteiger partial charge in [0.05, 0.1) is 11.0 Å². The average molecular weight is 313 g/mol. The molecule has 1 aromatic carbocycles. The molecule has 114 valence electrons. The Kier molecular flexibility index (Phi) is 4.09. The van der Waals surface area contributed by atoms with Crippen LogP contribution >= 0.6 is 11.3 Å². The van der Waals surface area contributed by atoms with Crippen molar-refractivity contribution in [1.82, 2.24) is 9.97 Å². The number of thiophene rings is 1. The lowest BCUT2D eigenvalue weighted by Gasteiger charge is -2.21. The Labute approximate surface area is 133 Å². The van der Waals surface area contributed by atoms with E-state index in [4.69, 9.17) is 0 Å². The van der Waals surface area contributed by atoms with Crippen molar-refractivity contribution in [3.05, 3.63) is 42.7 Å². The highest BCUT2D eigenvalue weighted by molar-refractivity contribution is 7.21. The van der Waals surface area contributed by atoms with E-state index in [0.29, 0.717) is 13.0 Å². The maximum Gasteiger partial charge on any atom is 0.138 e. The molecule has 3 aromatic rings. The van der Waals surface area contributed by atoms with Crippen molar-refractivity contribution in [2.24, 2.45) is 0 Å². The van der Waals surface area contributed by atoms with E-state index in [2.05, 4.69) is 33.5 Å². The standard InChI is InChI=1S/C17H19N3OS/c1-3-17(2,21)10-18-15-13-9-14(12-7-5-4-6-8-12)22-16(13)20-11-19-15/h4-9,11,21H,3,10H2,1-2H3,(H,18,19,20)/t17-/m1/s1. The van der Waals surface area contributed by atoms with Crippen molar-refractivity contribution < 1.29 is 5.11 Å². The number of anilines is 1. The summed E-state index contributed by atoms with van der Waals surface area (Å²) >= 11 is 1.65. The Morgan fingerprint density at radius 2 is 2.00 bits per heavy atom. The molecule has 0 saturated heterocycles. The van der Waals surface area contributed by atoms with Crippen LogP contribution in [0.2, 0.25) is 0 Å². The molecule has 2 heterocycles. The number of aromatic nitrogens is 2. The highest BCUT2D eigenvalue weighted by atomic mass is 32.1. The number of benzene rings is 1. The molecule has 0 bridgehead atoms. The van der Waals surface area contributed by atoms with Crippen LogP contribution in [0.1, 0.15) is 20.3 Å². The molecule has 0 unspecified atom stereocenters. The van der Waals surface area contributed by atoms with Crippen LogP contribution in [0.3, 0.4) is 0 Å². The summed E-state index contributed by atoms with van der Waals surface area (Å²) in [6, 6.07) is 12.4. The van der Waals surface area contributed by atoms with Crippen LogP contribution in [-0.4, -0.2) is 27.2 Å². The van der Waals surface area contributed by atoms with E-state index in [1.165, 1.54) is 10.4 Å². The minimum absolute atomic E-state index is 0.464. The number of nitrogens with zero attached hydrogens (tertiary/aromatic N) is 2. The van der Waals surface area contributed by atoms with Gasteiger partial charge in [-0.3, -0.25) is 0 Å². The largest absolute Gasteiger partial charge is 0.388 e. The minimum Gasteiger partial charge on any atom is -0.388 e. The van der Waals surface area contributed by atoms with Crippen molar-refractivity contribution in [3.8, 4) is 10.4 Å². The van der Waals surface area contributed by atoms with Crippen LogP contribution in [0.15, 0.2) is 42.7 Å². The fourth-order valence-electron chi connectivity index (χ4n) is 2.14. The summed E-state index contributed by atoms with van der Waals surface area (Å²) in [6.07, 6.45) is 2.25. The van der Waals surface area contributed by atoms with Crippen molar-refractivity contribution in [2.45, 2.75) is 25.9 Å². The second kappa shape index (κ2) is 6.02. The smallest absolute Gasteiger partial charge is 0.138 e. The summed E-state index contributed by atoms with van der Waals surface area (Å²) in [4.78, 5) is 10.8. The van der Waals surface area contributed by atoms with E-state index in [-0.39, 0.29) is 0 Å². The Hall–Kier alpha value is -1.98. The van der Waals surface area contributed by atoms with Crippen LogP contribution in [-0.2, 0) is 0 Å². The molecule has 0 aliphatic rings. The number of hydrogen-bond acceptors (Lipinski definition) is 5. The van der Waals surface area contributed by atoms with Gasteiger partial charge in [-0.25, -0.2) is 9.97 Å². The van der Waals surface area contributed by atoms with Gasteiger partial charge in [0, 0.05) is 11.4 Å². The molecule has 0 spiro atoms. The summed E-state index contributed by atoms with van der Waals surface area (Å²) < 4.78 is 0. The molecule has 22 heavy (non-hydrogen) atoms. The molecule has 0 radical (unpaired) electrons. The molecule has 0 fully saturated rings. The summed E-state index contributed by atoms with van der Waals surface area (Å²) in [5, 5.41) is 14.4. The predicted octanol–water partition coefficient (Wildman–Crippen LogP) is 3.93. The van der Waals surface area contributed by atoms with E-state index in [9.17, 15) is 5.11 Å². The van der Waals surface area contributed by atoms with Crippen LogP contribution in [0, 0.1) is 0 Å². The molecule has 0 amide bonds. The quantitative estimate of drug-likeness (QED) is 0.749. The van der Waals surface area contributed by atoms with E-state index in [1.807, 2.05) is 32.0 Å². The van der Waals surface area contributed by atoms with E-state index >= 15 is 0 Å². The van der Waals surface area contributed by atoms with Crippen LogP contribution < -0.4 is 5.32 Å². The van der Waals surface area contributed by atoms with E-state index < -0.39 is 5.60 Å². The molecule has 0 aliphatic heterocycles. The fraction of sp³-hybridized carbons (Fsp3) is 0.294. The Morgan fingerprint density at radius 3 is 2.73 bits per heavy atom. The van der Waals surface area contributed by atoms with Crippen molar-refractivity contribution in [2.75, 3.05) is 11.9 Å². The zero-order valence-electron chi connectivity index (χ0n) is 12.7. The number of hydrogen-bond donors (Lipinski definition) is 2. The average Bonchev–Trinajstić information content (AvgIpc) is 2.98. The predicted molar refractivity (Wildman–Crippen MR) is 92.3 cm³/mol. The number of aliphatic hydroxyl groups is 1. The first kappa shape index (κ1) is 14.9. The van der Waals surface area contributed by atoms with Gasteiger partial charge >= 0.3 is 0 Å². The monoisotopic (exact) mass is 313 g/mol. The lowest BCUT2D eigenvalue weighted by atomic mass is 10.0. The molecule has 3 rings (SSSR count). The van der Waals surface area contributed by atoms with Crippen molar-refractivity contribution in [1.29, 1.82) is 0 Å². The second-order valence-corrected chi connectivity index (χ2v) is 6.65. The van der Waals surface area contributed by atoms with Gasteiger partial charge in [0.15, 0.2) is 0 Å². The van der Waals surface area contributed by atoms with Gasteiger partial charge in [0.1, 0.15) is 17.0 Å². The highest BCUT2D eigenvalue weighted by Crippen LogP contribution is 2.34. The third-order valence-corrected chi connectivity index (χ3v) is 4.88. The van der Waals surface area contributed by atoms with E-state index in [1.54, 1.807) is 17.7 Å². The lowest BCUT2D eigenvalue weighted by molar-refractivity contribution is 0.0697. The SMILES string of the molecule is CC[C@@](C)(O)CNc1ncnc2sc(-c3ccccc3)cc12. The molecular formula is C17H19N3OS. The molecule has 2 N–H and O–H groups in total. The van der Waals surface area contributed by atoms with Gasteiger partial charge in [0.2, 0.25) is 0 Å². The Balaban J connectivity index is 1.94. The third-order valence-electron chi connectivity index (χ3n) is 3.79. The van der Waals surface area contributed by atoms with Gasteiger partial charge in [-0.1, -0.05) is 37.3 Å². The molecule has 0 aliphatic carbocycles. The highest BCUT2D eigenvalue weighted by Gasteiger charge is 2.18. The summed E-state index contributed by atoms with van der Waals surface area (Å²) in [5.74, 6) is 0.775. The maximum atomic E-state index is 10.1. The number of rotatable bonds is 5. The van der Waals surface area contributed by atoms with Gasteiger partial charge in [-0.15, -0.1) is 11.3 Å². The van der Waals surface area contributed by atoms with Crippen LogP contribution in [0.25, 0.3) is 20.7 Å². The second-order valence-electron chi connectivity index (χ2n) is 5.62. The molecule has 1 atom stereocenters. The van der Waals surface area contributed by atoms with Gasteiger partial charge in [-0.05, 0) is 25.0 Å². The first-order valence-electron chi connectivity index (χ1n) is 7.35. The molecule has 5 heteroatoms. The third kappa shape index (κ3) is 3.10. The maximum absolute atomic E-state index is 10.1. The molecule has 2 aromatic heterocycles. The zero-order valence-corrected chi connectivity index (χ0v) is 13.5. The van der Waals surface area contributed by atoms with Crippen LogP contribution in [0.4, 0.5) is 5.82 Å². The Morgan fingerprint density at radius 1 is 1.23 bits per heavy atom. The van der Waals surface area contributed by atoms with Crippen molar-refractivity contribution in [3.63, 3.8) is 0 Å². The van der Waals surface area contributed by atoms with Gasteiger partial charge < -0.3 is 10.4 Å². The topological polar surface area (TPSA) is 58.0 Å². The number of fused-ring (bicyclic) bond motifs is 1. The molecule has 4 nitrogen and oxygen atoms in total. The fourth-order valence-corrected chi connectivity index (χ4v) is 3.14. The summed E-state index contributed by atoms with van der Waals surface area (Å²) in [6.45, 7) is 4.25. The Bertz CT molecular complexity index is 768. The summed E-state index contributed by atoms with van der Waals surface area (Å²) in [7, 11) is 0. The minimum atomic E-state index is -0.741. The lowest BCUT2D eigenvalue weighted by Crippen LogP contribution is -2.32. The molecule has 0 saturated carbocycles. The zero-order chi connectivity index (χ0) is 15.6. The number of nitrogens with one attached hydrogen (secondary N) is 1. The summed E-state index contributed by atoms with van der Waals surface area (Å²) in [5.41, 5.74) is 0.437. The first-order chi connectivity index (χ1) is 10.6. The normalized spacial score (nSPS) is 14.0. The van der Waals surface area contributed by atoms with E-state index in [0.717, 1.165) is 16.0 Å². The van der Waals surface area contributed by atoms with Crippen molar-refractivity contribution >= 4 is 27.4 Å². The van der Waals surface area contributed by atoms with Gasteiger partial charge in [-0.2, -0.15) is 0 Å². The van der Waals surface area contributed by atoms with Gasteiger partial charge in [0.25, 0.3) is 0 Å². The molecular weight excluding hydrogens is 294 g/mol.